The monoisotopic (exact) mass is 189 g/mol. The lowest BCUT2D eigenvalue weighted by molar-refractivity contribution is 0.101. The van der Waals surface area contributed by atoms with Crippen LogP contribution in [0.15, 0.2) is 30.5 Å². The zero-order valence-corrected chi connectivity index (χ0v) is 7.62. The zero-order chi connectivity index (χ0) is 10.1. The first-order valence-electron chi connectivity index (χ1n) is 4.24. The minimum absolute atomic E-state index is 0.0806. The average molecular weight is 189 g/mol. The first-order valence-corrected chi connectivity index (χ1v) is 4.24. The Bertz CT molecular complexity index is 508. The summed E-state index contributed by atoms with van der Waals surface area (Å²) in [4.78, 5) is 15.1. The van der Waals surface area contributed by atoms with Crippen LogP contribution in [0.1, 0.15) is 17.3 Å². The van der Waals surface area contributed by atoms with Crippen molar-refractivity contribution in [3.63, 3.8) is 0 Å². The van der Waals surface area contributed by atoms with Crippen LogP contribution in [-0.4, -0.2) is 10.8 Å². The van der Waals surface area contributed by atoms with Gasteiger partial charge in [-0.2, -0.15) is 0 Å². The summed E-state index contributed by atoms with van der Waals surface area (Å²) < 4.78 is 13.3. The van der Waals surface area contributed by atoms with E-state index < -0.39 is 5.82 Å². The van der Waals surface area contributed by atoms with Crippen molar-refractivity contribution >= 4 is 16.7 Å². The lowest BCUT2D eigenvalue weighted by Crippen LogP contribution is -1.95. The first kappa shape index (κ1) is 8.81. The van der Waals surface area contributed by atoms with Crippen LogP contribution in [0.2, 0.25) is 0 Å². The molecule has 0 aliphatic rings. The molecule has 0 fully saturated rings. The topological polar surface area (TPSA) is 30.0 Å². The van der Waals surface area contributed by atoms with Gasteiger partial charge in [0.25, 0.3) is 0 Å². The number of para-hydroxylation sites is 1. The molecule has 0 aliphatic heterocycles. The van der Waals surface area contributed by atoms with Gasteiger partial charge in [0.1, 0.15) is 11.3 Å². The summed E-state index contributed by atoms with van der Waals surface area (Å²) in [6.45, 7) is 1.46. The number of nitrogens with zero attached hydrogens (tertiary/aromatic N) is 1. The Hall–Kier alpha value is -1.77. The van der Waals surface area contributed by atoms with E-state index in [0.717, 1.165) is 0 Å². The smallest absolute Gasteiger partial charge is 0.160 e. The first-order chi connectivity index (χ1) is 6.70. The van der Waals surface area contributed by atoms with E-state index in [4.69, 9.17) is 0 Å². The molecule has 14 heavy (non-hydrogen) atoms. The lowest BCUT2D eigenvalue weighted by Gasteiger charge is -2.02. The number of ketones is 1. The second kappa shape index (κ2) is 3.18. The summed E-state index contributed by atoms with van der Waals surface area (Å²) in [6.07, 6.45) is 1.45. The molecule has 0 unspecified atom stereocenters. The van der Waals surface area contributed by atoms with Crippen LogP contribution in [0.25, 0.3) is 10.9 Å². The minimum Gasteiger partial charge on any atom is -0.294 e. The van der Waals surface area contributed by atoms with Gasteiger partial charge in [-0.15, -0.1) is 0 Å². The average Bonchev–Trinajstić information content (AvgIpc) is 2.17. The van der Waals surface area contributed by atoms with Gasteiger partial charge < -0.3 is 0 Å². The Kier molecular flexibility index (Phi) is 2.00. The summed E-state index contributed by atoms with van der Waals surface area (Å²) in [7, 11) is 0. The van der Waals surface area contributed by atoms with E-state index >= 15 is 0 Å². The quantitative estimate of drug-likeness (QED) is 0.645. The fourth-order valence-corrected chi connectivity index (χ4v) is 1.45. The van der Waals surface area contributed by atoms with Gasteiger partial charge in [-0.3, -0.25) is 9.78 Å². The molecule has 0 spiro atoms. The van der Waals surface area contributed by atoms with Crippen molar-refractivity contribution in [3.05, 3.63) is 41.8 Å². The predicted molar refractivity (Wildman–Crippen MR) is 51.7 cm³/mol. The van der Waals surface area contributed by atoms with Crippen LogP contribution in [0.4, 0.5) is 4.39 Å². The number of carbonyl (C=O) groups excluding carboxylic acids is 1. The number of carbonyl (C=O) groups is 1. The molecule has 0 amide bonds. The molecule has 2 nitrogen and oxygen atoms in total. The number of Topliss-reactive ketones (excluding diaryl/α,β-unsaturated/α-hetero) is 1. The third kappa shape index (κ3) is 1.27. The predicted octanol–water partition coefficient (Wildman–Crippen LogP) is 2.58. The molecule has 0 atom stereocenters. The fourth-order valence-electron chi connectivity index (χ4n) is 1.45. The number of halogens is 1. The molecule has 2 aromatic rings. The molecule has 1 aromatic carbocycles. The lowest BCUT2D eigenvalue weighted by atomic mass is 10.1. The van der Waals surface area contributed by atoms with Crippen molar-refractivity contribution in [3.8, 4) is 0 Å². The van der Waals surface area contributed by atoms with Crippen molar-refractivity contribution in [2.75, 3.05) is 0 Å². The molecule has 0 radical (unpaired) electrons. The van der Waals surface area contributed by atoms with Gasteiger partial charge >= 0.3 is 0 Å². The largest absolute Gasteiger partial charge is 0.294 e. The summed E-state index contributed by atoms with van der Waals surface area (Å²) in [6, 6.07) is 6.21. The summed E-state index contributed by atoms with van der Waals surface area (Å²) in [5.41, 5.74) is 0.759. The van der Waals surface area contributed by atoms with Crippen LogP contribution in [0, 0.1) is 5.82 Å². The molecule has 1 aromatic heterocycles. The maximum absolute atomic E-state index is 13.3. The fraction of sp³-hybridized carbons (Fsp3) is 0.0909. The van der Waals surface area contributed by atoms with Gasteiger partial charge in [0.15, 0.2) is 5.78 Å². The Labute approximate surface area is 80.4 Å². The van der Waals surface area contributed by atoms with E-state index in [1.165, 1.54) is 19.2 Å². The number of hydrogen-bond acceptors (Lipinski definition) is 2. The Morgan fingerprint density at radius 3 is 2.86 bits per heavy atom. The third-order valence-corrected chi connectivity index (χ3v) is 2.10. The number of fused-ring (bicyclic) bond motifs is 1. The van der Waals surface area contributed by atoms with E-state index in [1.54, 1.807) is 18.2 Å². The van der Waals surface area contributed by atoms with Crippen LogP contribution in [-0.2, 0) is 0 Å². The normalized spacial score (nSPS) is 10.4. The van der Waals surface area contributed by atoms with Crippen LogP contribution < -0.4 is 0 Å². The molecule has 3 heteroatoms. The van der Waals surface area contributed by atoms with Gasteiger partial charge in [-0.25, -0.2) is 4.39 Å². The molecule has 0 saturated heterocycles. The van der Waals surface area contributed by atoms with Crippen molar-refractivity contribution in [1.29, 1.82) is 0 Å². The number of hydrogen-bond donors (Lipinski definition) is 0. The van der Waals surface area contributed by atoms with Gasteiger partial charge in [0.2, 0.25) is 0 Å². The molecular weight excluding hydrogens is 181 g/mol. The van der Waals surface area contributed by atoms with Crippen molar-refractivity contribution in [2.45, 2.75) is 6.92 Å². The number of rotatable bonds is 1. The van der Waals surface area contributed by atoms with E-state index in [0.29, 0.717) is 10.9 Å². The van der Waals surface area contributed by atoms with Crippen molar-refractivity contribution in [1.82, 2.24) is 4.98 Å². The molecule has 0 saturated carbocycles. The van der Waals surface area contributed by atoms with Gasteiger partial charge in [-0.05, 0) is 19.1 Å². The molecule has 0 aliphatic carbocycles. The van der Waals surface area contributed by atoms with E-state index in [9.17, 15) is 9.18 Å². The van der Waals surface area contributed by atoms with E-state index in [-0.39, 0.29) is 11.3 Å². The molecule has 0 N–H and O–H groups in total. The summed E-state index contributed by atoms with van der Waals surface area (Å²) >= 11 is 0. The second-order valence-corrected chi connectivity index (χ2v) is 3.05. The van der Waals surface area contributed by atoms with Gasteiger partial charge in [0.05, 0.1) is 0 Å². The molecule has 70 valence electrons. The zero-order valence-electron chi connectivity index (χ0n) is 7.62. The maximum Gasteiger partial charge on any atom is 0.160 e. The van der Waals surface area contributed by atoms with Crippen LogP contribution in [0.3, 0.4) is 0 Å². The van der Waals surface area contributed by atoms with Gasteiger partial charge in [0, 0.05) is 17.1 Å². The molecular formula is C11H8FNO. The number of aromatic nitrogens is 1. The van der Waals surface area contributed by atoms with Crippen molar-refractivity contribution in [2.24, 2.45) is 0 Å². The second-order valence-electron chi connectivity index (χ2n) is 3.05. The summed E-state index contributed by atoms with van der Waals surface area (Å²) in [5.74, 6) is -0.478. The Morgan fingerprint density at radius 2 is 2.14 bits per heavy atom. The molecule has 0 bridgehead atoms. The van der Waals surface area contributed by atoms with E-state index in [2.05, 4.69) is 4.98 Å². The van der Waals surface area contributed by atoms with Crippen LogP contribution >= 0.6 is 0 Å². The highest BCUT2D eigenvalue weighted by Crippen LogP contribution is 2.19. The Morgan fingerprint density at radius 1 is 1.36 bits per heavy atom. The standard InChI is InChI=1S/C11H8FNO/c1-7(14)8-5-6-13-11-9(8)3-2-4-10(11)12/h2-6H,1H3. The highest BCUT2D eigenvalue weighted by atomic mass is 19.1. The van der Waals surface area contributed by atoms with E-state index in [1.807, 2.05) is 0 Å². The highest BCUT2D eigenvalue weighted by molar-refractivity contribution is 6.05. The SMILES string of the molecule is CC(=O)c1ccnc2c(F)cccc12. The summed E-state index contributed by atoms with van der Waals surface area (Å²) in [5, 5.41) is 0.569. The number of pyridine rings is 1. The van der Waals surface area contributed by atoms with Crippen LogP contribution in [0.5, 0.6) is 0 Å². The molecule has 1 heterocycles. The van der Waals surface area contributed by atoms with Gasteiger partial charge in [-0.1, -0.05) is 12.1 Å². The number of benzene rings is 1. The van der Waals surface area contributed by atoms with Crippen molar-refractivity contribution < 1.29 is 9.18 Å². The maximum atomic E-state index is 13.3. The molecule has 2 rings (SSSR count). The third-order valence-electron chi connectivity index (χ3n) is 2.10. The minimum atomic E-state index is -0.398. The Balaban J connectivity index is 2.88. The highest BCUT2D eigenvalue weighted by Gasteiger charge is 2.08.